The highest BCUT2D eigenvalue weighted by Gasteiger charge is 2.26. The summed E-state index contributed by atoms with van der Waals surface area (Å²) in [5.74, 6) is 0.366. The summed E-state index contributed by atoms with van der Waals surface area (Å²) in [6, 6.07) is 0. The van der Waals surface area contributed by atoms with Crippen LogP contribution in [-0.4, -0.2) is 59.0 Å². The molecule has 23 heavy (non-hydrogen) atoms. The van der Waals surface area contributed by atoms with Crippen LogP contribution in [0.3, 0.4) is 0 Å². The van der Waals surface area contributed by atoms with E-state index >= 15 is 0 Å². The predicted octanol–water partition coefficient (Wildman–Crippen LogP) is 1.31. The summed E-state index contributed by atoms with van der Waals surface area (Å²) in [4.78, 5) is 31.9. The Morgan fingerprint density at radius 3 is 2.96 bits per heavy atom. The fraction of sp³-hybridized carbons (Fsp3) is 0.500. The molecule has 7 nitrogen and oxygen atoms in total. The van der Waals surface area contributed by atoms with E-state index in [0.29, 0.717) is 23.2 Å². The number of hydrogen-bond acceptors (Lipinski definition) is 7. The number of thioether (sulfide) groups is 1. The summed E-state index contributed by atoms with van der Waals surface area (Å²) in [5.41, 5.74) is -0.231. The van der Waals surface area contributed by atoms with Crippen molar-refractivity contribution in [1.29, 1.82) is 0 Å². The zero-order chi connectivity index (χ0) is 16.4. The van der Waals surface area contributed by atoms with Gasteiger partial charge in [-0.3, -0.25) is 14.0 Å². The summed E-state index contributed by atoms with van der Waals surface area (Å²) < 4.78 is 12.1. The summed E-state index contributed by atoms with van der Waals surface area (Å²) >= 11 is 2.77. The molecule has 1 fully saturated rings. The van der Waals surface area contributed by atoms with E-state index in [4.69, 9.17) is 9.47 Å². The number of ether oxygens (including phenoxy) is 2. The van der Waals surface area contributed by atoms with E-state index in [2.05, 4.69) is 4.98 Å². The quantitative estimate of drug-likeness (QED) is 0.595. The van der Waals surface area contributed by atoms with E-state index < -0.39 is 6.29 Å². The molecule has 0 saturated carbocycles. The van der Waals surface area contributed by atoms with Crippen LogP contribution in [-0.2, 0) is 9.47 Å². The molecule has 1 amide bonds. The van der Waals surface area contributed by atoms with Crippen molar-refractivity contribution in [3.05, 3.63) is 27.5 Å². The first-order chi connectivity index (χ1) is 11.1. The molecule has 0 unspecified atom stereocenters. The molecule has 0 aromatic carbocycles. The zero-order valence-corrected chi connectivity index (χ0v) is 14.5. The van der Waals surface area contributed by atoms with E-state index in [1.54, 1.807) is 18.6 Å². The Hall–Kier alpha value is -1.42. The number of hydrogen-bond donors (Lipinski definition) is 0. The zero-order valence-electron chi connectivity index (χ0n) is 12.9. The predicted molar refractivity (Wildman–Crippen MR) is 88.4 cm³/mol. The molecular weight excluding hydrogens is 338 g/mol. The Morgan fingerprint density at radius 2 is 2.26 bits per heavy atom. The maximum absolute atomic E-state index is 12.8. The number of amides is 1. The van der Waals surface area contributed by atoms with Crippen LogP contribution in [0.2, 0.25) is 0 Å². The lowest BCUT2D eigenvalue weighted by atomic mass is 10.3. The van der Waals surface area contributed by atoms with Crippen molar-refractivity contribution in [2.45, 2.75) is 18.2 Å². The van der Waals surface area contributed by atoms with E-state index in [0.717, 1.165) is 5.75 Å². The first kappa shape index (κ1) is 16.4. The number of carbonyl (C=O) groups is 1. The van der Waals surface area contributed by atoms with Crippen molar-refractivity contribution >= 4 is 34.0 Å². The average Bonchev–Trinajstić information content (AvgIpc) is 3.18. The van der Waals surface area contributed by atoms with Crippen LogP contribution in [0, 0.1) is 0 Å². The molecule has 2 aromatic rings. The minimum Gasteiger partial charge on any atom is -0.348 e. The average molecular weight is 355 g/mol. The number of rotatable bonds is 5. The van der Waals surface area contributed by atoms with Gasteiger partial charge in [0.1, 0.15) is 10.6 Å². The maximum atomic E-state index is 12.8. The van der Waals surface area contributed by atoms with Gasteiger partial charge in [0.2, 0.25) is 0 Å². The number of fused-ring (bicyclic) bond motifs is 1. The first-order valence-corrected chi connectivity index (χ1v) is 9.09. The van der Waals surface area contributed by atoms with Crippen molar-refractivity contribution in [2.75, 3.05) is 32.6 Å². The molecule has 0 N–H and O–H groups in total. The van der Waals surface area contributed by atoms with Gasteiger partial charge in [-0.05, 0) is 5.75 Å². The Labute approximate surface area is 141 Å². The van der Waals surface area contributed by atoms with Crippen LogP contribution in [0.15, 0.2) is 21.4 Å². The molecule has 1 aliphatic rings. The summed E-state index contributed by atoms with van der Waals surface area (Å²) in [6.45, 7) is 3.28. The van der Waals surface area contributed by atoms with Gasteiger partial charge in [0.25, 0.3) is 11.5 Å². The first-order valence-electron chi connectivity index (χ1n) is 7.23. The van der Waals surface area contributed by atoms with Crippen molar-refractivity contribution in [3.63, 3.8) is 0 Å². The summed E-state index contributed by atoms with van der Waals surface area (Å²) in [6.07, 6.45) is 1.20. The molecule has 3 heterocycles. The Kier molecular flexibility index (Phi) is 5.00. The number of nitrogens with zero attached hydrogens (tertiary/aromatic N) is 3. The van der Waals surface area contributed by atoms with Crippen LogP contribution in [0.25, 0.3) is 4.96 Å². The molecule has 3 rings (SSSR count). The molecule has 9 heteroatoms. The van der Waals surface area contributed by atoms with Gasteiger partial charge < -0.3 is 14.4 Å². The van der Waals surface area contributed by atoms with Crippen molar-refractivity contribution in [2.24, 2.45) is 0 Å². The molecule has 2 aromatic heterocycles. The Bertz CT molecular complexity index is 767. The van der Waals surface area contributed by atoms with Gasteiger partial charge in [-0.2, -0.15) is 0 Å². The van der Waals surface area contributed by atoms with Crippen LogP contribution in [0.1, 0.15) is 17.3 Å². The molecule has 1 saturated heterocycles. The second-order valence-corrected chi connectivity index (χ2v) is 7.07. The summed E-state index contributed by atoms with van der Waals surface area (Å²) in [7, 11) is 1.63. The lowest BCUT2D eigenvalue weighted by Crippen LogP contribution is -2.38. The molecule has 0 aliphatic carbocycles. The third-order valence-corrected chi connectivity index (χ3v) is 5.00. The number of aromatic nitrogens is 2. The van der Waals surface area contributed by atoms with Crippen molar-refractivity contribution in [3.8, 4) is 0 Å². The fourth-order valence-corrected chi connectivity index (χ4v) is 3.80. The fourth-order valence-electron chi connectivity index (χ4n) is 2.30. The van der Waals surface area contributed by atoms with Gasteiger partial charge in [-0.1, -0.05) is 6.92 Å². The lowest BCUT2D eigenvalue weighted by Gasteiger charge is -2.20. The number of thiazole rings is 1. The smallest absolute Gasteiger partial charge is 0.272 e. The molecular formula is C14H17N3O4S2. The largest absolute Gasteiger partial charge is 0.348 e. The monoisotopic (exact) mass is 355 g/mol. The standard InChI is InChI=1S/C14H17N3O4S2/c1-3-22-11-10(13(19)17-4-7-23-14(17)15-11)12(18)16(2)8-9-20-5-6-21-9/h4,7,9H,3,5-6,8H2,1-2H3. The van der Waals surface area contributed by atoms with Crippen LogP contribution >= 0.6 is 23.1 Å². The third-order valence-electron chi connectivity index (χ3n) is 3.39. The van der Waals surface area contributed by atoms with E-state index in [1.807, 2.05) is 6.92 Å². The minimum absolute atomic E-state index is 0.105. The highest BCUT2D eigenvalue weighted by Crippen LogP contribution is 2.21. The van der Waals surface area contributed by atoms with Crippen LogP contribution < -0.4 is 5.56 Å². The second kappa shape index (κ2) is 7.00. The van der Waals surface area contributed by atoms with Gasteiger partial charge >= 0.3 is 0 Å². The SMILES string of the molecule is CCSc1nc2sccn2c(=O)c1C(=O)N(C)CC1OCCO1. The molecule has 0 bridgehead atoms. The van der Waals surface area contributed by atoms with Crippen LogP contribution in [0.5, 0.6) is 0 Å². The van der Waals surface area contributed by atoms with E-state index in [-0.39, 0.29) is 23.6 Å². The normalized spacial score (nSPS) is 15.4. The van der Waals surface area contributed by atoms with E-state index in [1.165, 1.54) is 32.4 Å². The molecule has 0 atom stereocenters. The molecule has 0 radical (unpaired) electrons. The Morgan fingerprint density at radius 1 is 1.52 bits per heavy atom. The highest BCUT2D eigenvalue weighted by atomic mass is 32.2. The highest BCUT2D eigenvalue weighted by molar-refractivity contribution is 7.99. The summed E-state index contributed by atoms with van der Waals surface area (Å²) in [5, 5.41) is 2.26. The second-order valence-electron chi connectivity index (χ2n) is 4.94. The maximum Gasteiger partial charge on any atom is 0.272 e. The topological polar surface area (TPSA) is 73.1 Å². The lowest BCUT2D eigenvalue weighted by molar-refractivity contribution is -0.0543. The Balaban J connectivity index is 1.95. The minimum atomic E-state index is -0.438. The van der Waals surface area contributed by atoms with Gasteiger partial charge in [-0.25, -0.2) is 4.98 Å². The molecule has 1 aliphatic heterocycles. The number of carbonyl (C=O) groups excluding carboxylic acids is 1. The third kappa shape index (κ3) is 3.27. The molecule has 124 valence electrons. The van der Waals surface area contributed by atoms with Crippen molar-refractivity contribution in [1.82, 2.24) is 14.3 Å². The van der Waals surface area contributed by atoms with Gasteiger partial charge in [-0.15, -0.1) is 23.1 Å². The van der Waals surface area contributed by atoms with Gasteiger partial charge in [0, 0.05) is 18.6 Å². The van der Waals surface area contributed by atoms with Gasteiger partial charge in [0.05, 0.1) is 19.8 Å². The number of likely N-dealkylation sites (N-methyl/N-ethyl adjacent to an activating group) is 1. The molecule has 0 spiro atoms. The van der Waals surface area contributed by atoms with Crippen LogP contribution in [0.4, 0.5) is 0 Å². The van der Waals surface area contributed by atoms with Crippen molar-refractivity contribution < 1.29 is 14.3 Å². The van der Waals surface area contributed by atoms with Gasteiger partial charge in [0.15, 0.2) is 11.3 Å². The van der Waals surface area contributed by atoms with E-state index in [9.17, 15) is 9.59 Å².